The van der Waals surface area contributed by atoms with E-state index in [4.69, 9.17) is 23.2 Å². The number of carbonyl (C=O) groups is 2. The van der Waals surface area contributed by atoms with Gasteiger partial charge in [-0.15, -0.1) is 0 Å². The van der Waals surface area contributed by atoms with E-state index in [1.807, 2.05) is 77.9 Å². The van der Waals surface area contributed by atoms with Crippen LogP contribution in [-0.2, 0) is 32.6 Å². The second kappa shape index (κ2) is 14.9. The van der Waals surface area contributed by atoms with Crippen molar-refractivity contribution in [3.05, 3.63) is 129 Å². The minimum absolute atomic E-state index is 0.0452. The van der Waals surface area contributed by atoms with Gasteiger partial charge in [-0.25, -0.2) is 8.42 Å². The molecule has 7 nitrogen and oxygen atoms in total. The summed E-state index contributed by atoms with van der Waals surface area (Å²) in [5.74, 6) is -0.986. The Hall–Kier alpha value is -3.85. The van der Waals surface area contributed by atoms with Crippen molar-refractivity contribution >= 4 is 50.7 Å². The molecule has 1 atom stereocenters. The van der Waals surface area contributed by atoms with Crippen molar-refractivity contribution in [1.82, 2.24) is 10.2 Å². The maximum atomic E-state index is 14.7. The molecule has 10 heteroatoms. The van der Waals surface area contributed by atoms with Crippen LogP contribution in [0.5, 0.6) is 0 Å². The number of benzene rings is 4. The van der Waals surface area contributed by atoms with Crippen LogP contribution in [0.25, 0.3) is 0 Å². The molecule has 0 fully saturated rings. The highest BCUT2D eigenvalue weighted by Crippen LogP contribution is 2.31. The van der Waals surface area contributed by atoms with E-state index in [0.29, 0.717) is 26.9 Å². The molecule has 4 aromatic rings. The molecule has 0 saturated heterocycles. The van der Waals surface area contributed by atoms with Crippen molar-refractivity contribution in [2.24, 2.45) is 0 Å². The van der Waals surface area contributed by atoms with Gasteiger partial charge in [0.1, 0.15) is 12.6 Å². The highest BCUT2D eigenvalue weighted by atomic mass is 35.5. The van der Waals surface area contributed by atoms with Gasteiger partial charge in [0.15, 0.2) is 0 Å². The van der Waals surface area contributed by atoms with E-state index < -0.39 is 40.0 Å². The normalized spacial score (nSPS) is 12.3. The predicted molar refractivity (Wildman–Crippen MR) is 190 cm³/mol. The van der Waals surface area contributed by atoms with Gasteiger partial charge < -0.3 is 10.2 Å². The number of sulfonamides is 1. The van der Waals surface area contributed by atoms with Crippen LogP contribution in [0, 0.1) is 20.8 Å². The minimum Gasteiger partial charge on any atom is -0.350 e. The largest absolute Gasteiger partial charge is 0.350 e. The topological polar surface area (TPSA) is 86.8 Å². The van der Waals surface area contributed by atoms with Crippen LogP contribution >= 0.6 is 23.2 Å². The Morgan fingerprint density at radius 1 is 0.809 bits per heavy atom. The second-order valence-electron chi connectivity index (χ2n) is 12.7. The van der Waals surface area contributed by atoms with E-state index in [1.165, 1.54) is 17.0 Å². The third kappa shape index (κ3) is 8.95. The van der Waals surface area contributed by atoms with Crippen molar-refractivity contribution in [2.45, 2.75) is 71.0 Å². The Bertz CT molecular complexity index is 1820. The summed E-state index contributed by atoms with van der Waals surface area (Å²) in [6.07, 6.45) is 0.171. The van der Waals surface area contributed by atoms with E-state index in [2.05, 4.69) is 5.32 Å². The maximum absolute atomic E-state index is 14.7. The van der Waals surface area contributed by atoms with Gasteiger partial charge in [0.05, 0.1) is 10.6 Å². The zero-order valence-electron chi connectivity index (χ0n) is 27.6. The van der Waals surface area contributed by atoms with Crippen molar-refractivity contribution in [2.75, 3.05) is 10.8 Å². The zero-order chi connectivity index (χ0) is 34.5. The third-order valence-corrected chi connectivity index (χ3v) is 10.4. The Morgan fingerprint density at radius 2 is 1.40 bits per heavy atom. The van der Waals surface area contributed by atoms with Crippen molar-refractivity contribution in [3.63, 3.8) is 0 Å². The first kappa shape index (κ1) is 36.0. The van der Waals surface area contributed by atoms with Crippen LogP contribution in [0.4, 0.5) is 5.69 Å². The summed E-state index contributed by atoms with van der Waals surface area (Å²) >= 11 is 13.2. The number of aryl methyl sites for hydroxylation is 2. The molecule has 0 aromatic heterocycles. The molecule has 0 saturated carbocycles. The van der Waals surface area contributed by atoms with E-state index in [9.17, 15) is 18.0 Å². The van der Waals surface area contributed by atoms with Gasteiger partial charge in [-0.05, 0) is 88.6 Å². The molecule has 2 amide bonds. The predicted octanol–water partition coefficient (Wildman–Crippen LogP) is 7.67. The molecule has 0 bridgehead atoms. The van der Waals surface area contributed by atoms with E-state index >= 15 is 0 Å². The van der Waals surface area contributed by atoms with E-state index in [1.54, 1.807) is 42.5 Å². The van der Waals surface area contributed by atoms with Crippen LogP contribution < -0.4 is 9.62 Å². The molecule has 0 aliphatic rings. The number of anilines is 1. The fourth-order valence-electron chi connectivity index (χ4n) is 5.22. The van der Waals surface area contributed by atoms with Gasteiger partial charge in [0, 0.05) is 34.1 Å². The number of hydrogen-bond acceptors (Lipinski definition) is 4. The highest BCUT2D eigenvalue weighted by Gasteiger charge is 2.36. The first-order valence-corrected chi connectivity index (χ1v) is 17.5. The second-order valence-corrected chi connectivity index (χ2v) is 15.4. The molecule has 248 valence electrons. The molecule has 1 N–H and O–H groups in total. The number of amides is 2. The summed E-state index contributed by atoms with van der Waals surface area (Å²) in [5.41, 5.74) is 3.51. The number of rotatable bonds is 11. The third-order valence-electron chi connectivity index (χ3n) is 7.89. The average molecular weight is 695 g/mol. The van der Waals surface area contributed by atoms with Gasteiger partial charge in [-0.2, -0.15) is 0 Å². The van der Waals surface area contributed by atoms with Crippen LogP contribution in [0.1, 0.15) is 48.6 Å². The van der Waals surface area contributed by atoms with Gasteiger partial charge in [-0.3, -0.25) is 13.9 Å². The number of nitrogens with zero attached hydrogens (tertiary/aromatic N) is 2. The number of halogens is 2. The Balaban J connectivity index is 1.88. The molecule has 4 rings (SSSR count). The van der Waals surface area contributed by atoms with Crippen LogP contribution in [0.3, 0.4) is 0 Å². The maximum Gasteiger partial charge on any atom is 0.264 e. The van der Waals surface area contributed by atoms with Crippen molar-refractivity contribution in [1.29, 1.82) is 0 Å². The SMILES string of the molecule is Cc1ccc(S(=O)(=O)N(CC(=O)N(Cc2c(Cl)cccc2Cl)C(Cc2ccccc2)C(=O)NC(C)(C)C)c2cccc(C)c2C)cc1. The molecule has 1 unspecified atom stereocenters. The molecular weight excluding hydrogens is 653 g/mol. The molecular formula is C37H41Cl2N3O4S. The van der Waals surface area contributed by atoms with Gasteiger partial charge in [0.2, 0.25) is 11.8 Å². The Labute approximate surface area is 288 Å². The van der Waals surface area contributed by atoms with Crippen LogP contribution in [0.2, 0.25) is 10.0 Å². The quantitative estimate of drug-likeness (QED) is 0.175. The van der Waals surface area contributed by atoms with Crippen molar-refractivity contribution in [3.8, 4) is 0 Å². The summed E-state index contributed by atoms with van der Waals surface area (Å²) in [5, 5.41) is 3.67. The van der Waals surface area contributed by atoms with Crippen molar-refractivity contribution < 1.29 is 18.0 Å². The summed E-state index contributed by atoms with van der Waals surface area (Å²) in [6, 6.07) is 25.2. The fraction of sp³-hybridized carbons (Fsp3) is 0.297. The molecule has 4 aromatic carbocycles. The zero-order valence-corrected chi connectivity index (χ0v) is 29.9. The lowest BCUT2D eigenvalue weighted by atomic mass is 10.0. The molecule has 0 radical (unpaired) electrons. The first-order valence-electron chi connectivity index (χ1n) is 15.3. The minimum atomic E-state index is -4.23. The average Bonchev–Trinajstić information content (AvgIpc) is 3.00. The standard InChI is InChI=1S/C37H41Cl2N3O4S/c1-25-18-20-29(21-19-25)47(45,46)42(33-17-10-12-26(2)27(33)3)24-35(43)41(23-30-31(38)15-11-16-32(30)39)34(36(44)40-37(4,5)6)22-28-13-8-7-9-14-28/h7-21,34H,22-24H2,1-6H3,(H,40,44). The lowest BCUT2D eigenvalue weighted by molar-refractivity contribution is -0.140. The summed E-state index contributed by atoms with van der Waals surface area (Å²) in [4.78, 5) is 30.2. The molecule has 47 heavy (non-hydrogen) atoms. The molecule has 0 aliphatic carbocycles. The molecule has 0 heterocycles. The molecule has 0 spiro atoms. The van der Waals surface area contributed by atoms with Crippen LogP contribution in [-0.4, -0.2) is 43.3 Å². The summed E-state index contributed by atoms with van der Waals surface area (Å²) in [7, 11) is -4.23. The fourth-order valence-corrected chi connectivity index (χ4v) is 7.21. The van der Waals surface area contributed by atoms with Gasteiger partial charge >= 0.3 is 0 Å². The Kier molecular flexibility index (Phi) is 11.4. The number of carbonyl (C=O) groups excluding carboxylic acids is 2. The highest BCUT2D eigenvalue weighted by molar-refractivity contribution is 7.92. The molecule has 0 aliphatic heterocycles. The smallest absolute Gasteiger partial charge is 0.264 e. The monoisotopic (exact) mass is 693 g/mol. The summed E-state index contributed by atoms with van der Waals surface area (Å²) < 4.78 is 29.8. The number of nitrogens with one attached hydrogen (secondary N) is 1. The lowest BCUT2D eigenvalue weighted by Crippen LogP contribution is -2.56. The van der Waals surface area contributed by atoms with E-state index in [0.717, 1.165) is 21.0 Å². The van der Waals surface area contributed by atoms with Crippen LogP contribution in [0.15, 0.2) is 95.9 Å². The van der Waals surface area contributed by atoms with Gasteiger partial charge in [-0.1, -0.05) is 89.4 Å². The summed E-state index contributed by atoms with van der Waals surface area (Å²) in [6.45, 7) is 10.5. The lowest BCUT2D eigenvalue weighted by Gasteiger charge is -2.36. The van der Waals surface area contributed by atoms with E-state index in [-0.39, 0.29) is 17.9 Å². The first-order chi connectivity index (χ1) is 22.1. The van der Waals surface area contributed by atoms with Gasteiger partial charge in [0.25, 0.3) is 10.0 Å². The number of hydrogen-bond donors (Lipinski definition) is 1. The Morgan fingerprint density at radius 3 is 2.00 bits per heavy atom.